The predicted octanol–water partition coefficient (Wildman–Crippen LogP) is -0.675. The van der Waals surface area contributed by atoms with E-state index in [0.29, 0.717) is 0 Å². The average Bonchev–Trinajstić information content (AvgIpc) is 2.35. The molecule has 1 aliphatic rings. The van der Waals surface area contributed by atoms with Crippen molar-refractivity contribution >= 4 is 23.3 Å². The largest absolute Gasteiger partial charge is 0.312 e. The van der Waals surface area contributed by atoms with Gasteiger partial charge in [-0.05, 0) is 0 Å². The van der Waals surface area contributed by atoms with E-state index in [1.807, 2.05) is 0 Å². The van der Waals surface area contributed by atoms with Crippen molar-refractivity contribution < 1.29 is 14.5 Å². The van der Waals surface area contributed by atoms with Gasteiger partial charge < -0.3 is 11.1 Å². The Morgan fingerprint density at radius 1 is 1.39 bits per heavy atom. The molecule has 0 radical (unpaired) electrons. The van der Waals surface area contributed by atoms with Gasteiger partial charge in [0.05, 0.1) is 4.92 Å². The standard InChI is InChI=1S/C10H8N4O4/c11-7-9(15)12-8(13-10(7)16)5-2-1-3-6(4-5)14(17)18/h1-4,7H,11H2,(H,12,13,15,16). The van der Waals surface area contributed by atoms with Gasteiger partial charge in [0, 0.05) is 17.7 Å². The molecule has 18 heavy (non-hydrogen) atoms. The summed E-state index contributed by atoms with van der Waals surface area (Å²) >= 11 is 0. The second-order valence-electron chi connectivity index (χ2n) is 3.57. The molecule has 1 aromatic rings. The number of amides is 2. The van der Waals surface area contributed by atoms with Gasteiger partial charge in [-0.25, -0.2) is 0 Å². The highest BCUT2D eigenvalue weighted by Crippen LogP contribution is 2.14. The fourth-order valence-corrected chi connectivity index (χ4v) is 1.42. The zero-order valence-electron chi connectivity index (χ0n) is 8.99. The van der Waals surface area contributed by atoms with Crippen LogP contribution in [0.1, 0.15) is 5.56 Å². The lowest BCUT2D eigenvalue weighted by atomic mass is 10.1. The molecule has 2 amide bonds. The monoisotopic (exact) mass is 248 g/mol. The molecular weight excluding hydrogens is 240 g/mol. The van der Waals surface area contributed by atoms with Gasteiger partial charge in [0.1, 0.15) is 5.84 Å². The van der Waals surface area contributed by atoms with Crippen molar-refractivity contribution in [2.24, 2.45) is 10.7 Å². The maximum absolute atomic E-state index is 11.3. The molecule has 2 rings (SSSR count). The van der Waals surface area contributed by atoms with Crippen LogP contribution in [0.2, 0.25) is 0 Å². The summed E-state index contributed by atoms with van der Waals surface area (Å²) in [4.78, 5) is 36.2. The van der Waals surface area contributed by atoms with Gasteiger partial charge in [0.15, 0.2) is 6.04 Å². The number of hydrogen-bond acceptors (Lipinski definition) is 5. The predicted molar refractivity (Wildman–Crippen MR) is 60.8 cm³/mol. The Labute approximate surface area is 101 Å². The third-order valence-electron chi connectivity index (χ3n) is 2.34. The van der Waals surface area contributed by atoms with Crippen molar-refractivity contribution in [2.45, 2.75) is 6.04 Å². The number of amidine groups is 1. The van der Waals surface area contributed by atoms with Gasteiger partial charge in [0.25, 0.3) is 17.5 Å². The molecule has 3 N–H and O–H groups in total. The Balaban J connectivity index is 2.41. The number of nitro benzene ring substituents is 1. The molecule has 8 heteroatoms. The first-order valence-corrected chi connectivity index (χ1v) is 4.93. The first-order valence-electron chi connectivity index (χ1n) is 4.93. The minimum atomic E-state index is -1.33. The van der Waals surface area contributed by atoms with Gasteiger partial charge in [-0.15, -0.1) is 0 Å². The Morgan fingerprint density at radius 2 is 2.11 bits per heavy atom. The van der Waals surface area contributed by atoms with Gasteiger partial charge >= 0.3 is 0 Å². The van der Waals surface area contributed by atoms with Crippen LogP contribution in [-0.4, -0.2) is 28.6 Å². The van der Waals surface area contributed by atoms with Crippen molar-refractivity contribution in [1.29, 1.82) is 0 Å². The number of nitrogens with zero attached hydrogens (tertiary/aromatic N) is 2. The number of carbonyl (C=O) groups is 2. The molecule has 1 aromatic carbocycles. The van der Waals surface area contributed by atoms with Crippen LogP contribution >= 0.6 is 0 Å². The second kappa shape index (κ2) is 4.34. The van der Waals surface area contributed by atoms with Crippen molar-refractivity contribution in [3.63, 3.8) is 0 Å². The van der Waals surface area contributed by atoms with Crippen molar-refractivity contribution in [3.05, 3.63) is 39.9 Å². The van der Waals surface area contributed by atoms with Crippen LogP contribution < -0.4 is 11.1 Å². The number of benzene rings is 1. The minimum absolute atomic E-state index is 0.0320. The highest BCUT2D eigenvalue weighted by atomic mass is 16.6. The molecule has 1 heterocycles. The van der Waals surface area contributed by atoms with E-state index in [2.05, 4.69) is 10.3 Å². The van der Waals surface area contributed by atoms with Gasteiger partial charge in [0.2, 0.25) is 0 Å². The van der Waals surface area contributed by atoms with Crippen LogP contribution in [0.25, 0.3) is 0 Å². The van der Waals surface area contributed by atoms with Gasteiger partial charge in [-0.3, -0.25) is 19.7 Å². The Bertz CT molecular complexity index is 581. The van der Waals surface area contributed by atoms with E-state index < -0.39 is 22.8 Å². The molecule has 0 aromatic heterocycles. The number of hydrogen-bond donors (Lipinski definition) is 2. The maximum Gasteiger partial charge on any atom is 0.274 e. The van der Waals surface area contributed by atoms with Gasteiger partial charge in [-0.1, -0.05) is 12.1 Å². The zero-order valence-corrected chi connectivity index (χ0v) is 8.99. The quantitative estimate of drug-likeness (QED) is 0.407. The molecule has 0 saturated carbocycles. The summed E-state index contributed by atoms with van der Waals surface area (Å²) in [7, 11) is 0. The molecule has 92 valence electrons. The van der Waals surface area contributed by atoms with Crippen LogP contribution in [0.15, 0.2) is 29.3 Å². The summed E-state index contributed by atoms with van der Waals surface area (Å²) < 4.78 is 0. The number of nitrogens with two attached hydrogens (primary N) is 1. The Hall–Kier alpha value is -2.61. The summed E-state index contributed by atoms with van der Waals surface area (Å²) in [5.41, 5.74) is 5.38. The molecule has 0 bridgehead atoms. The highest BCUT2D eigenvalue weighted by molar-refractivity contribution is 6.22. The van der Waals surface area contributed by atoms with Gasteiger partial charge in [-0.2, -0.15) is 4.99 Å². The number of nitro groups is 1. The minimum Gasteiger partial charge on any atom is -0.312 e. The molecule has 1 atom stereocenters. The second-order valence-corrected chi connectivity index (χ2v) is 3.57. The van der Waals surface area contributed by atoms with E-state index in [1.54, 1.807) is 0 Å². The number of rotatable bonds is 2. The number of nitrogens with one attached hydrogen (secondary N) is 1. The van der Waals surface area contributed by atoms with Crippen molar-refractivity contribution in [3.8, 4) is 0 Å². The first kappa shape index (κ1) is 11.9. The fraction of sp³-hybridized carbons (Fsp3) is 0.100. The van der Waals surface area contributed by atoms with E-state index in [9.17, 15) is 19.7 Å². The average molecular weight is 248 g/mol. The SMILES string of the molecule is NC1C(=O)N=C(c2cccc([N+](=O)[O-])c2)NC1=O. The summed E-state index contributed by atoms with van der Waals surface area (Å²) in [6.07, 6.45) is 0. The van der Waals surface area contributed by atoms with E-state index in [4.69, 9.17) is 5.73 Å². The van der Waals surface area contributed by atoms with E-state index in [-0.39, 0.29) is 17.1 Å². The third-order valence-corrected chi connectivity index (χ3v) is 2.34. The van der Waals surface area contributed by atoms with Crippen LogP contribution in [0.3, 0.4) is 0 Å². The number of aliphatic imine (C=N–C) groups is 1. The van der Waals surface area contributed by atoms with Crippen molar-refractivity contribution in [2.75, 3.05) is 0 Å². The molecule has 0 aliphatic carbocycles. The third kappa shape index (κ3) is 2.09. The van der Waals surface area contributed by atoms with Crippen LogP contribution in [0.4, 0.5) is 5.69 Å². The molecule has 1 unspecified atom stereocenters. The maximum atomic E-state index is 11.3. The normalized spacial score (nSPS) is 19.2. The summed E-state index contributed by atoms with van der Waals surface area (Å²) in [6, 6.07) is 4.11. The molecule has 0 fully saturated rings. The lowest BCUT2D eigenvalue weighted by Gasteiger charge is -2.16. The highest BCUT2D eigenvalue weighted by Gasteiger charge is 2.29. The first-order chi connectivity index (χ1) is 8.49. The van der Waals surface area contributed by atoms with Crippen LogP contribution in [0.5, 0.6) is 0 Å². The number of carbonyl (C=O) groups excluding carboxylic acids is 2. The Morgan fingerprint density at radius 3 is 2.72 bits per heavy atom. The fourth-order valence-electron chi connectivity index (χ4n) is 1.42. The molecule has 0 spiro atoms. The lowest BCUT2D eigenvalue weighted by Crippen LogP contribution is -2.52. The smallest absolute Gasteiger partial charge is 0.274 e. The molecular formula is C10H8N4O4. The zero-order chi connectivity index (χ0) is 13.3. The topological polar surface area (TPSA) is 128 Å². The van der Waals surface area contributed by atoms with Crippen LogP contribution in [-0.2, 0) is 9.59 Å². The lowest BCUT2D eigenvalue weighted by molar-refractivity contribution is -0.384. The summed E-state index contributed by atoms with van der Waals surface area (Å²) in [5, 5.41) is 12.9. The van der Waals surface area contributed by atoms with Crippen molar-refractivity contribution in [1.82, 2.24) is 5.32 Å². The summed E-state index contributed by atoms with van der Waals surface area (Å²) in [5.74, 6) is -1.49. The molecule has 1 aliphatic heterocycles. The van der Waals surface area contributed by atoms with E-state index in [1.165, 1.54) is 24.3 Å². The number of non-ortho nitro benzene ring substituents is 1. The van der Waals surface area contributed by atoms with Crippen LogP contribution in [0, 0.1) is 10.1 Å². The summed E-state index contributed by atoms with van der Waals surface area (Å²) in [6.45, 7) is 0. The molecule has 8 nitrogen and oxygen atoms in total. The molecule has 0 saturated heterocycles. The Kier molecular flexibility index (Phi) is 2.86. The van der Waals surface area contributed by atoms with E-state index >= 15 is 0 Å². The van der Waals surface area contributed by atoms with E-state index in [0.717, 1.165) is 0 Å².